The van der Waals surface area contributed by atoms with Crippen molar-refractivity contribution in [3.63, 3.8) is 0 Å². The van der Waals surface area contributed by atoms with E-state index < -0.39 is 5.97 Å². The quantitative estimate of drug-likeness (QED) is 0.685. The summed E-state index contributed by atoms with van der Waals surface area (Å²) in [5.74, 6) is -1.44. The SMILES string of the molecule is Cl.NC[C@H](CC(=O)O)c1ccc(Cl)c(NCc2ccc(F)cc2)c1. The Bertz CT molecular complexity index is 681. The third-order valence-corrected chi connectivity index (χ3v) is 3.89. The first-order chi connectivity index (χ1) is 11.0. The molecule has 0 saturated carbocycles. The summed E-state index contributed by atoms with van der Waals surface area (Å²) in [7, 11) is 0. The Morgan fingerprint density at radius 3 is 2.50 bits per heavy atom. The van der Waals surface area contributed by atoms with Crippen LogP contribution in [-0.4, -0.2) is 17.6 Å². The van der Waals surface area contributed by atoms with E-state index in [4.69, 9.17) is 22.4 Å². The molecular weight excluding hydrogens is 354 g/mol. The Hall–Kier alpha value is -1.82. The fourth-order valence-electron chi connectivity index (χ4n) is 2.28. The molecule has 0 heterocycles. The van der Waals surface area contributed by atoms with Crippen molar-refractivity contribution >= 4 is 35.7 Å². The Morgan fingerprint density at radius 2 is 1.92 bits per heavy atom. The first-order valence-corrected chi connectivity index (χ1v) is 7.57. The number of halogens is 3. The van der Waals surface area contributed by atoms with Gasteiger partial charge in [-0.15, -0.1) is 12.4 Å². The second-order valence-corrected chi connectivity index (χ2v) is 5.66. The highest BCUT2D eigenvalue weighted by Gasteiger charge is 2.15. The lowest BCUT2D eigenvalue weighted by Gasteiger charge is -2.16. The molecule has 0 aliphatic rings. The van der Waals surface area contributed by atoms with E-state index >= 15 is 0 Å². The lowest BCUT2D eigenvalue weighted by atomic mass is 9.95. The fraction of sp³-hybridized carbons (Fsp3) is 0.235. The van der Waals surface area contributed by atoms with Crippen LogP contribution in [0.1, 0.15) is 23.5 Å². The summed E-state index contributed by atoms with van der Waals surface area (Å²) in [6.07, 6.45) is -0.0322. The van der Waals surface area contributed by atoms with E-state index in [0.717, 1.165) is 11.1 Å². The van der Waals surface area contributed by atoms with Gasteiger partial charge in [-0.2, -0.15) is 0 Å². The van der Waals surface area contributed by atoms with E-state index in [2.05, 4.69) is 5.32 Å². The molecule has 7 heteroatoms. The van der Waals surface area contributed by atoms with Crippen molar-refractivity contribution in [2.45, 2.75) is 18.9 Å². The number of nitrogens with two attached hydrogens (primary N) is 1. The second-order valence-electron chi connectivity index (χ2n) is 5.25. The zero-order chi connectivity index (χ0) is 16.8. The van der Waals surface area contributed by atoms with E-state index in [1.54, 1.807) is 24.3 Å². The summed E-state index contributed by atoms with van der Waals surface area (Å²) < 4.78 is 12.9. The first kappa shape index (κ1) is 20.2. The summed E-state index contributed by atoms with van der Waals surface area (Å²) in [5.41, 5.74) is 8.09. The van der Waals surface area contributed by atoms with E-state index in [9.17, 15) is 9.18 Å². The van der Waals surface area contributed by atoms with Crippen LogP contribution in [0.3, 0.4) is 0 Å². The number of carbonyl (C=O) groups is 1. The highest BCUT2D eigenvalue weighted by molar-refractivity contribution is 6.33. The third-order valence-electron chi connectivity index (χ3n) is 3.56. The molecule has 0 aliphatic carbocycles. The van der Waals surface area contributed by atoms with Crippen LogP contribution in [0, 0.1) is 5.82 Å². The standard InChI is InChI=1S/C17H18ClFN2O2.ClH/c18-15-6-3-12(13(9-20)8-17(22)23)7-16(15)21-10-11-1-4-14(19)5-2-11;/h1-7,13,21H,8-10,20H2,(H,22,23);1H/t13-;/m0./s1. The van der Waals surface area contributed by atoms with Gasteiger partial charge in [0.25, 0.3) is 0 Å². The molecule has 130 valence electrons. The molecule has 2 rings (SSSR count). The van der Waals surface area contributed by atoms with Crippen LogP contribution in [0.15, 0.2) is 42.5 Å². The van der Waals surface area contributed by atoms with E-state index in [0.29, 0.717) is 17.3 Å². The van der Waals surface area contributed by atoms with Crippen LogP contribution in [0.5, 0.6) is 0 Å². The molecule has 0 unspecified atom stereocenters. The fourth-order valence-corrected chi connectivity index (χ4v) is 2.46. The number of benzene rings is 2. The Labute approximate surface area is 151 Å². The molecular formula is C17H19Cl2FN2O2. The van der Waals surface area contributed by atoms with Crippen molar-refractivity contribution in [2.24, 2.45) is 5.73 Å². The molecule has 0 radical (unpaired) electrons. The summed E-state index contributed by atoms with van der Waals surface area (Å²) in [6.45, 7) is 0.723. The molecule has 4 N–H and O–H groups in total. The summed E-state index contributed by atoms with van der Waals surface area (Å²) in [4.78, 5) is 10.9. The molecule has 2 aromatic carbocycles. The van der Waals surface area contributed by atoms with E-state index in [-0.39, 0.29) is 37.1 Å². The van der Waals surface area contributed by atoms with Gasteiger partial charge in [0.05, 0.1) is 17.1 Å². The molecule has 4 nitrogen and oxygen atoms in total. The lowest BCUT2D eigenvalue weighted by molar-refractivity contribution is -0.137. The van der Waals surface area contributed by atoms with Gasteiger partial charge in [0.15, 0.2) is 0 Å². The predicted octanol–water partition coefficient (Wildman–Crippen LogP) is 4.03. The molecule has 0 amide bonds. The number of nitrogens with one attached hydrogen (secondary N) is 1. The molecule has 0 fully saturated rings. The Kier molecular flexibility index (Phi) is 7.98. The Morgan fingerprint density at radius 1 is 1.25 bits per heavy atom. The highest BCUT2D eigenvalue weighted by Crippen LogP contribution is 2.28. The van der Waals surface area contributed by atoms with Crippen molar-refractivity contribution in [3.8, 4) is 0 Å². The minimum Gasteiger partial charge on any atom is -0.481 e. The summed E-state index contributed by atoms with van der Waals surface area (Å²) in [5, 5.41) is 12.7. The first-order valence-electron chi connectivity index (χ1n) is 7.19. The maximum Gasteiger partial charge on any atom is 0.304 e. The number of anilines is 1. The normalized spacial score (nSPS) is 11.5. The molecule has 0 saturated heterocycles. The number of aliphatic carboxylic acids is 1. The van der Waals surface area contributed by atoms with E-state index in [1.165, 1.54) is 12.1 Å². The van der Waals surface area contributed by atoms with Gasteiger partial charge in [-0.25, -0.2) is 4.39 Å². The maximum absolute atomic E-state index is 12.9. The molecule has 0 spiro atoms. The Balaban J connectivity index is 0.00000288. The van der Waals surface area contributed by atoms with Gasteiger partial charge in [-0.3, -0.25) is 4.79 Å². The van der Waals surface area contributed by atoms with Gasteiger partial charge in [0.1, 0.15) is 5.82 Å². The number of hydrogen-bond acceptors (Lipinski definition) is 3. The van der Waals surface area contributed by atoms with Gasteiger partial charge in [-0.05, 0) is 41.9 Å². The zero-order valence-electron chi connectivity index (χ0n) is 12.8. The van der Waals surface area contributed by atoms with Crippen molar-refractivity contribution in [2.75, 3.05) is 11.9 Å². The van der Waals surface area contributed by atoms with Gasteiger partial charge in [-0.1, -0.05) is 29.8 Å². The lowest BCUT2D eigenvalue weighted by Crippen LogP contribution is -2.16. The van der Waals surface area contributed by atoms with Crippen LogP contribution in [-0.2, 0) is 11.3 Å². The molecule has 0 bridgehead atoms. The van der Waals surface area contributed by atoms with Crippen molar-refractivity contribution < 1.29 is 14.3 Å². The minimum atomic E-state index is -0.892. The van der Waals surface area contributed by atoms with Crippen LogP contribution in [0.4, 0.5) is 10.1 Å². The second kappa shape index (κ2) is 9.47. The zero-order valence-corrected chi connectivity index (χ0v) is 14.4. The number of hydrogen-bond donors (Lipinski definition) is 3. The minimum absolute atomic E-state index is 0. The molecule has 0 aliphatic heterocycles. The topological polar surface area (TPSA) is 75.4 Å². The van der Waals surface area contributed by atoms with Crippen LogP contribution >= 0.6 is 24.0 Å². The monoisotopic (exact) mass is 372 g/mol. The van der Waals surface area contributed by atoms with Crippen molar-refractivity contribution in [3.05, 3.63) is 64.4 Å². The number of carboxylic acids is 1. The molecule has 24 heavy (non-hydrogen) atoms. The average Bonchev–Trinajstić information content (AvgIpc) is 2.53. The summed E-state index contributed by atoms with van der Waals surface area (Å²) in [6, 6.07) is 11.5. The largest absolute Gasteiger partial charge is 0.481 e. The number of rotatable bonds is 7. The van der Waals surface area contributed by atoms with Crippen molar-refractivity contribution in [1.82, 2.24) is 0 Å². The summed E-state index contributed by atoms with van der Waals surface area (Å²) >= 11 is 6.17. The van der Waals surface area contributed by atoms with Gasteiger partial charge in [0.2, 0.25) is 0 Å². The predicted molar refractivity (Wildman–Crippen MR) is 96.5 cm³/mol. The highest BCUT2D eigenvalue weighted by atomic mass is 35.5. The smallest absolute Gasteiger partial charge is 0.304 e. The molecule has 2 aromatic rings. The van der Waals surface area contributed by atoms with Gasteiger partial charge >= 0.3 is 5.97 Å². The van der Waals surface area contributed by atoms with Crippen molar-refractivity contribution in [1.29, 1.82) is 0 Å². The average molecular weight is 373 g/mol. The van der Waals surface area contributed by atoms with E-state index in [1.807, 2.05) is 6.07 Å². The van der Waals surface area contributed by atoms with Crippen LogP contribution in [0.25, 0.3) is 0 Å². The molecule has 0 aromatic heterocycles. The number of carboxylic acid groups (broad SMARTS) is 1. The van der Waals surface area contributed by atoms with Gasteiger partial charge < -0.3 is 16.2 Å². The van der Waals surface area contributed by atoms with Crippen LogP contribution < -0.4 is 11.1 Å². The molecule has 1 atom stereocenters. The van der Waals surface area contributed by atoms with Gasteiger partial charge in [0, 0.05) is 12.5 Å². The van der Waals surface area contributed by atoms with Crippen LogP contribution in [0.2, 0.25) is 5.02 Å². The maximum atomic E-state index is 12.9. The third kappa shape index (κ3) is 5.67.